The maximum Gasteiger partial charge on any atom is 0.232 e. The van der Waals surface area contributed by atoms with Crippen LogP contribution in [0.1, 0.15) is 37.3 Å². The van der Waals surface area contributed by atoms with Crippen molar-refractivity contribution in [2.45, 2.75) is 39.2 Å². The molecule has 2 amide bonds. The van der Waals surface area contributed by atoms with Crippen LogP contribution in [0.15, 0.2) is 60.7 Å². The zero-order chi connectivity index (χ0) is 19.8. The number of nitrogens with zero attached hydrogens (tertiary/aromatic N) is 2. The molecule has 0 N–H and O–H groups in total. The van der Waals surface area contributed by atoms with Crippen molar-refractivity contribution in [3.8, 4) is 0 Å². The molecule has 0 unspecified atom stereocenters. The smallest absolute Gasteiger partial charge is 0.232 e. The van der Waals surface area contributed by atoms with Gasteiger partial charge in [0.2, 0.25) is 11.8 Å². The van der Waals surface area contributed by atoms with E-state index in [1.54, 1.807) is 4.90 Å². The Morgan fingerprint density at radius 3 is 2.07 bits per heavy atom. The van der Waals surface area contributed by atoms with Crippen molar-refractivity contribution in [2.75, 3.05) is 19.6 Å². The minimum absolute atomic E-state index is 0.0238. The monoisotopic (exact) mass is 378 g/mol. The van der Waals surface area contributed by atoms with E-state index in [0.717, 1.165) is 37.9 Å². The summed E-state index contributed by atoms with van der Waals surface area (Å²) in [5, 5.41) is 0. The van der Waals surface area contributed by atoms with E-state index >= 15 is 0 Å². The molecule has 28 heavy (non-hydrogen) atoms. The summed E-state index contributed by atoms with van der Waals surface area (Å²) in [7, 11) is 0. The van der Waals surface area contributed by atoms with Crippen LogP contribution in [0.25, 0.3) is 0 Å². The molecule has 0 saturated carbocycles. The molecule has 2 aromatic rings. The van der Waals surface area contributed by atoms with E-state index in [4.69, 9.17) is 0 Å². The van der Waals surface area contributed by atoms with Crippen molar-refractivity contribution in [3.05, 3.63) is 71.8 Å². The lowest BCUT2D eigenvalue weighted by molar-refractivity contribution is -0.141. The Hall–Kier alpha value is -2.62. The number of amides is 2. The van der Waals surface area contributed by atoms with Gasteiger partial charge in [-0.2, -0.15) is 0 Å². The molecule has 4 heteroatoms. The van der Waals surface area contributed by atoms with E-state index in [1.807, 2.05) is 48.2 Å². The van der Waals surface area contributed by atoms with Crippen LogP contribution in [0.4, 0.5) is 0 Å². The molecule has 0 aromatic heterocycles. The van der Waals surface area contributed by atoms with Gasteiger partial charge in [0.25, 0.3) is 0 Å². The van der Waals surface area contributed by atoms with Crippen molar-refractivity contribution in [3.63, 3.8) is 0 Å². The minimum Gasteiger partial charge on any atom is -0.342 e. The molecule has 1 saturated heterocycles. The van der Waals surface area contributed by atoms with Crippen molar-refractivity contribution < 1.29 is 9.59 Å². The summed E-state index contributed by atoms with van der Waals surface area (Å²) in [6.07, 6.45) is 3.07. The third-order valence-electron chi connectivity index (χ3n) is 5.59. The van der Waals surface area contributed by atoms with Crippen LogP contribution >= 0.6 is 0 Å². The molecule has 1 aliphatic heterocycles. The topological polar surface area (TPSA) is 40.6 Å². The van der Waals surface area contributed by atoms with Gasteiger partial charge in [-0.05, 0) is 43.2 Å². The van der Waals surface area contributed by atoms with Crippen molar-refractivity contribution in [1.29, 1.82) is 0 Å². The number of hydrogen-bond donors (Lipinski definition) is 0. The number of piperidine rings is 1. The molecule has 0 aliphatic carbocycles. The third-order valence-corrected chi connectivity index (χ3v) is 5.59. The van der Waals surface area contributed by atoms with E-state index in [1.165, 1.54) is 5.56 Å². The number of rotatable bonds is 7. The first kappa shape index (κ1) is 20.1. The van der Waals surface area contributed by atoms with Gasteiger partial charge in [0.15, 0.2) is 0 Å². The van der Waals surface area contributed by atoms with Crippen molar-refractivity contribution in [1.82, 2.24) is 9.80 Å². The Kier molecular flexibility index (Phi) is 7.24. The van der Waals surface area contributed by atoms with E-state index in [-0.39, 0.29) is 18.2 Å². The molecular weight excluding hydrogens is 348 g/mol. The van der Waals surface area contributed by atoms with Crippen LogP contribution in [0.3, 0.4) is 0 Å². The summed E-state index contributed by atoms with van der Waals surface area (Å²) in [5.74, 6) is 0.504. The number of benzene rings is 2. The van der Waals surface area contributed by atoms with Crippen LogP contribution in [-0.4, -0.2) is 41.2 Å². The normalized spacial score (nSPS) is 14.7. The first-order valence-corrected chi connectivity index (χ1v) is 10.3. The van der Waals surface area contributed by atoms with Crippen LogP contribution < -0.4 is 0 Å². The Labute approximate surface area is 168 Å². The first-order valence-electron chi connectivity index (χ1n) is 10.3. The lowest BCUT2D eigenvalue weighted by Crippen LogP contribution is -2.42. The highest BCUT2D eigenvalue weighted by atomic mass is 16.2. The number of carbonyl (C=O) groups is 2. The minimum atomic E-state index is -0.0808. The summed E-state index contributed by atoms with van der Waals surface area (Å²) in [6.45, 7) is 4.64. The average Bonchev–Trinajstić information content (AvgIpc) is 2.74. The van der Waals surface area contributed by atoms with Crippen LogP contribution in [0.5, 0.6) is 0 Å². The molecule has 0 spiro atoms. The largest absolute Gasteiger partial charge is 0.342 e. The zero-order valence-corrected chi connectivity index (χ0v) is 16.7. The number of likely N-dealkylation sites (tertiary alicyclic amines) is 1. The highest BCUT2D eigenvalue weighted by Crippen LogP contribution is 2.22. The Morgan fingerprint density at radius 2 is 1.50 bits per heavy atom. The van der Waals surface area contributed by atoms with Crippen LogP contribution in [0.2, 0.25) is 0 Å². The van der Waals surface area contributed by atoms with E-state index in [2.05, 4.69) is 24.3 Å². The molecule has 3 rings (SSSR count). The second-order valence-corrected chi connectivity index (χ2v) is 7.58. The molecule has 1 fully saturated rings. The third kappa shape index (κ3) is 5.69. The molecule has 1 heterocycles. The summed E-state index contributed by atoms with van der Waals surface area (Å²) >= 11 is 0. The maximum atomic E-state index is 12.6. The van der Waals surface area contributed by atoms with Gasteiger partial charge in [0, 0.05) is 26.2 Å². The quantitative estimate of drug-likeness (QED) is 0.686. The Morgan fingerprint density at radius 1 is 0.929 bits per heavy atom. The second kappa shape index (κ2) is 10.1. The van der Waals surface area contributed by atoms with Crippen molar-refractivity contribution in [2.24, 2.45) is 5.92 Å². The molecule has 0 bridgehead atoms. The van der Waals surface area contributed by atoms with Gasteiger partial charge in [-0.15, -0.1) is 0 Å². The fourth-order valence-corrected chi connectivity index (χ4v) is 3.87. The van der Waals surface area contributed by atoms with Crippen LogP contribution in [0, 0.1) is 5.92 Å². The second-order valence-electron chi connectivity index (χ2n) is 7.58. The predicted molar refractivity (Wildman–Crippen MR) is 112 cm³/mol. The molecule has 0 radical (unpaired) electrons. The standard InChI is InChI=1S/C24H30N2O2/c1-2-25(19-22-11-7-4-8-12-22)23(27)18-24(28)26-15-13-21(14-16-26)17-20-9-5-3-6-10-20/h3-12,21H,2,13-19H2,1H3. The maximum absolute atomic E-state index is 12.6. The summed E-state index contributed by atoms with van der Waals surface area (Å²) in [6, 6.07) is 20.5. The van der Waals surface area contributed by atoms with Gasteiger partial charge in [0.1, 0.15) is 6.42 Å². The highest BCUT2D eigenvalue weighted by molar-refractivity contribution is 5.96. The van der Waals surface area contributed by atoms with Gasteiger partial charge < -0.3 is 9.80 Å². The molecular formula is C24H30N2O2. The molecule has 148 valence electrons. The molecule has 1 aliphatic rings. The van der Waals surface area contributed by atoms with E-state index in [9.17, 15) is 9.59 Å². The summed E-state index contributed by atoms with van der Waals surface area (Å²) in [4.78, 5) is 28.9. The molecule has 4 nitrogen and oxygen atoms in total. The fourth-order valence-electron chi connectivity index (χ4n) is 3.87. The van der Waals surface area contributed by atoms with E-state index in [0.29, 0.717) is 19.0 Å². The molecule has 0 atom stereocenters. The average molecular weight is 379 g/mol. The van der Waals surface area contributed by atoms with Gasteiger partial charge in [-0.1, -0.05) is 60.7 Å². The molecule has 2 aromatic carbocycles. The van der Waals surface area contributed by atoms with Gasteiger partial charge in [0.05, 0.1) is 0 Å². The van der Waals surface area contributed by atoms with Gasteiger partial charge in [-0.25, -0.2) is 0 Å². The summed E-state index contributed by atoms with van der Waals surface area (Å²) in [5.41, 5.74) is 2.45. The van der Waals surface area contributed by atoms with Gasteiger partial charge >= 0.3 is 0 Å². The first-order chi connectivity index (χ1) is 13.7. The number of carbonyl (C=O) groups excluding carboxylic acids is 2. The van der Waals surface area contributed by atoms with E-state index < -0.39 is 0 Å². The van der Waals surface area contributed by atoms with Crippen LogP contribution in [-0.2, 0) is 22.6 Å². The fraction of sp³-hybridized carbons (Fsp3) is 0.417. The number of hydrogen-bond acceptors (Lipinski definition) is 2. The SMILES string of the molecule is CCN(Cc1ccccc1)C(=O)CC(=O)N1CCC(Cc2ccccc2)CC1. The summed E-state index contributed by atoms with van der Waals surface area (Å²) < 4.78 is 0. The lowest BCUT2D eigenvalue weighted by atomic mass is 9.90. The predicted octanol–water partition coefficient (Wildman–Crippen LogP) is 3.91. The van der Waals surface area contributed by atoms with Gasteiger partial charge in [-0.3, -0.25) is 9.59 Å². The highest BCUT2D eigenvalue weighted by Gasteiger charge is 2.25. The Bertz CT molecular complexity index is 753. The lowest BCUT2D eigenvalue weighted by Gasteiger charge is -2.32. The van der Waals surface area contributed by atoms with Crippen molar-refractivity contribution >= 4 is 11.8 Å². The Balaban J connectivity index is 1.46. The zero-order valence-electron chi connectivity index (χ0n) is 16.7.